The van der Waals surface area contributed by atoms with Crippen LogP contribution in [0.4, 0.5) is 0 Å². The second-order valence-corrected chi connectivity index (χ2v) is 12.5. The van der Waals surface area contributed by atoms with E-state index in [0.717, 1.165) is 18.4 Å². The molecule has 7 nitrogen and oxygen atoms in total. The van der Waals surface area contributed by atoms with E-state index < -0.39 is 22.6 Å². The molecule has 38 heavy (non-hydrogen) atoms. The lowest BCUT2D eigenvalue weighted by Gasteiger charge is -2.37. The maximum absolute atomic E-state index is 14.2. The summed E-state index contributed by atoms with van der Waals surface area (Å²) in [6, 6.07) is 9.37. The average Bonchev–Trinajstić information content (AvgIpc) is 3.22. The van der Waals surface area contributed by atoms with Gasteiger partial charge in [0.1, 0.15) is 6.04 Å². The Labute approximate surface area is 229 Å². The Hall–Kier alpha value is -2.58. The van der Waals surface area contributed by atoms with Gasteiger partial charge in [-0.3, -0.25) is 14.4 Å². The number of unbranched alkanes of at least 4 members (excludes halogenated alkanes) is 1. The quantitative estimate of drug-likeness (QED) is 0.386. The number of carbonyl (C=O) groups excluding carboxylic acids is 3. The molecule has 0 aliphatic carbocycles. The van der Waals surface area contributed by atoms with Crippen LogP contribution in [0.15, 0.2) is 54.6 Å². The van der Waals surface area contributed by atoms with Crippen molar-refractivity contribution >= 4 is 29.5 Å². The summed E-state index contributed by atoms with van der Waals surface area (Å²) < 4.78 is -0.779. The number of likely N-dealkylation sites (tertiary alicyclic amines) is 1. The van der Waals surface area contributed by atoms with Crippen molar-refractivity contribution in [2.45, 2.75) is 68.2 Å². The van der Waals surface area contributed by atoms with Gasteiger partial charge in [0, 0.05) is 44.1 Å². The molecule has 0 aromatic heterocycles. The number of thioether (sulfide) groups is 1. The lowest BCUT2D eigenvalue weighted by molar-refractivity contribution is -0.145. The molecule has 1 spiro atoms. The number of carbonyl (C=O) groups is 3. The molecule has 0 bridgehead atoms. The normalized spacial score (nSPS) is 31.2. The van der Waals surface area contributed by atoms with Gasteiger partial charge in [0.2, 0.25) is 17.7 Å². The first-order chi connectivity index (χ1) is 18.4. The van der Waals surface area contributed by atoms with Gasteiger partial charge in [-0.15, -0.1) is 11.8 Å². The van der Waals surface area contributed by atoms with Gasteiger partial charge >= 0.3 is 0 Å². The maximum Gasteiger partial charge on any atom is 0.247 e. The van der Waals surface area contributed by atoms with E-state index >= 15 is 0 Å². The Kier molecular flexibility index (Phi) is 8.00. The van der Waals surface area contributed by atoms with Gasteiger partial charge < -0.3 is 19.8 Å². The van der Waals surface area contributed by atoms with Crippen LogP contribution in [0.25, 0.3) is 0 Å². The molecule has 2 saturated heterocycles. The standard InChI is InChI=1S/C30H39N3O4S/c1-3-11-21(2)32-18-10-15-30-25(28(36)33(17-7-8-19-34)26(30)29(32)37)24-23(38-30)14-9-16-31(27(24)35)20-22-12-5-4-6-13-22/h4-6,9-10,12-15,21,23-26,34H,3,7-8,11,16-20H2,1-2H3/t21?,23-,24+,25-,26?,30-/m0/s1. The number of fused-ring (bicyclic) bond motifs is 2. The van der Waals surface area contributed by atoms with Crippen molar-refractivity contribution in [1.29, 1.82) is 0 Å². The molecule has 4 aliphatic rings. The van der Waals surface area contributed by atoms with Gasteiger partial charge in [-0.05, 0) is 31.7 Å². The summed E-state index contributed by atoms with van der Waals surface area (Å²) >= 11 is 1.63. The van der Waals surface area contributed by atoms with Crippen LogP contribution in [0, 0.1) is 11.8 Å². The molecule has 4 aliphatic heterocycles. The summed E-state index contributed by atoms with van der Waals surface area (Å²) in [4.78, 5) is 48.1. The van der Waals surface area contributed by atoms with E-state index in [1.54, 1.807) is 16.7 Å². The van der Waals surface area contributed by atoms with Crippen LogP contribution < -0.4 is 0 Å². The first-order valence-electron chi connectivity index (χ1n) is 14.0. The number of hydrogen-bond acceptors (Lipinski definition) is 5. The molecule has 1 N–H and O–H groups in total. The highest BCUT2D eigenvalue weighted by atomic mass is 32.2. The lowest BCUT2D eigenvalue weighted by Crippen LogP contribution is -2.55. The van der Waals surface area contributed by atoms with Crippen molar-refractivity contribution in [2.24, 2.45) is 11.8 Å². The fourth-order valence-corrected chi connectivity index (χ4v) is 8.76. The molecular weight excluding hydrogens is 498 g/mol. The van der Waals surface area contributed by atoms with E-state index in [1.807, 2.05) is 46.2 Å². The minimum absolute atomic E-state index is 0.0103. The number of amides is 3. The highest BCUT2D eigenvalue weighted by Crippen LogP contribution is 2.61. The Balaban J connectivity index is 1.52. The fourth-order valence-electron chi connectivity index (χ4n) is 6.76. The molecule has 6 atom stereocenters. The molecule has 5 rings (SSSR count). The smallest absolute Gasteiger partial charge is 0.247 e. The predicted molar refractivity (Wildman–Crippen MR) is 149 cm³/mol. The minimum Gasteiger partial charge on any atom is -0.396 e. The molecule has 0 radical (unpaired) electrons. The first kappa shape index (κ1) is 27.0. The van der Waals surface area contributed by atoms with Crippen molar-refractivity contribution < 1.29 is 19.5 Å². The van der Waals surface area contributed by atoms with Gasteiger partial charge in [-0.2, -0.15) is 0 Å². The average molecular weight is 538 g/mol. The molecule has 1 aromatic carbocycles. The lowest BCUT2D eigenvalue weighted by atomic mass is 9.78. The van der Waals surface area contributed by atoms with E-state index in [4.69, 9.17) is 0 Å². The molecular formula is C30H39N3O4S. The van der Waals surface area contributed by atoms with Gasteiger partial charge in [0.05, 0.1) is 16.6 Å². The Morgan fingerprint density at radius 2 is 1.84 bits per heavy atom. The van der Waals surface area contributed by atoms with Crippen molar-refractivity contribution in [3.8, 4) is 0 Å². The number of nitrogens with zero attached hydrogens (tertiary/aromatic N) is 3. The monoisotopic (exact) mass is 537 g/mol. The molecule has 1 aromatic rings. The topological polar surface area (TPSA) is 81.2 Å². The zero-order valence-corrected chi connectivity index (χ0v) is 23.2. The molecule has 204 valence electrons. The van der Waals surface area contributed by atoms with Crippen LogP contribution in [0.5, 0.6) is 0 Å². The van der Waals surface area contributed by atoms with Crippen molar-refractivity contribution in [3.05, 3.63) is 60.2 Å². The van der Waals surface area contributed by atoms with Crippen LogP contribution in [-0.4, -0.2) is 85.8 Å². The van der Waals surface area contributed by atoms with Crippen molar-refractivity contribution in [2.75, 3.05) is 26.2 Å². The van der Waals surface area contributed by atoms with Crippen LogP contribution in [0.1, 0.15) is 45.1 Å². The summed E-state index contributed by atoms with van der Waals surface area (Å²) in [5, 5.41) is 9.23. The molecule has 8 heteroatoms. The minimum atomic E-state index is -0.779. The second kappa shape index (κ2) is 11.3. The van der Waals surface area contributed by atoms with Gasteiger partial charge in [-0.1, -0.05) is 68.0 Å². The number of rotatable bonds is 9. The Bertz CT molecular complexity index is 1110. The van der Waals surface area contributed by atoms with E-state index in [9.17, 15) is 19.5 Å². The Morgan fingerprint density at radius 1 is 1.05 bits per heavy atom. The predicted octanol–water partition coefficient (Wildman–Crippen LogP) is 3.24. The SMILES string of the molecule is CCCC(C)N1CC=C[C@]23S[C@H]4C=CCN(Cc5ccccc5)C(=O)[C@H]4[C@H]2C(=O)N(CCCCO)C3C1=O. The number of hydrogen-bond donors (Lipinski definition) is 1. The highest BCUT2D eigenvalue weighted by Gasteiger charge is 2.71. The van der Waals surface area contributed by atoms with Crippen LogP contribution in [-0.2, 0) is 20.9 Å². The maximum atomic E-state index is 14.2. The number of benzene rings is 1. The van der Waals surface area contributed by atoms with Crippen LogP contribution in [0.2, 0.25) is 0 Å². The summed E-state index contributed by atoms with van der Waals surface area (Å²) in [7, 11) is 0. The van der Waals surface area contributed by atoms with E-state index in [2.05, 4.69) is 32.1 Å². The van der Waals surface area contributed by atoms with Crippen LogP contribution >= 0.6 is 11.8 Å². The molecule has 2 unspecified atom stereocenters. The molecule has 3 amide bonds. The van der Waals surface area contributed by atoms with Crippen LogP contribution in [0.3, 0.4) is 0 Å². The zero-order chi connectivity index (χ0) is 26.9. The summed E-state index contributed by atoms with van der Waals surface area (Å²) in [5.41, 5.74) is 1.06. The summed E-state index contributed by atoms with van der Waals surface area (Å²) in [6.45, 7) is 6.18. The Morgan fingerprint density at radius 3 is 2.58 bits per heavy atom. The largest absolute Gasteiger partial charge is 0.396 e. The third-order valence-corrected chi connectivity index (χ3v) is 10.3. The zero-order valence-electron chi connectivity index (χ0n) is 22.4. The van der Waals surface area contributed by atoms with Crippen molar-refractivity contribution in [3.63, 3.8) is 0 Å². The summed E-state index contributed by atoms with van der Waals surface area (Å²) in [6.07, 6.45) is 11.3. The number of aliphatic hydroxyl groups is 1. The summed E-state index contributed by atoms with van der Waals surface area (Å²) in [5.74, 6) is -1.23. The van der Waals surface area contributed by atoms with Gasteiger partial charge in [0.25, 0.3) is 0 Å². The molecule has 4 heterocycles. The second-order valence-electron chi connectivity index (χ2n) is 11.0. The third-order valence-electron chi connectivity index (χ3n) is 8.54. The highest BCUT2D eigenvalue weighted by molar-refractivity contribution is 8.02. The first-order valence-corrected chi connectivity index (χ1v) is 14.9. The van der Waals surface area contributed by atoms with E-state index in [0.29, 0.717) is 39.0 Å². The number of aliphatic hydroxyl groups excluding tert-OH is 1. The van der Waals surface area contributed by atoms with Gasteiger partial charge in [-0.25, -0.2) is 0 Å². The van der Waals surface area contributed by atoms with E-state index in [-0.39, 0.29) is 35.6 Å². The molecule has 0 saturated carbocycles. The molecule has 2 fully saturated rings. The fraction of sp³-hybridized carbons (Fsp3) is 0.567. The van der Waals surface area contributed by atoms with Gasteiger partial charge in [0.15, 0.2) is 0 Å². The van der Waals surface area contributed by atoms with E-state index in [1.165, 1.54) is 0 Å². The third kappa shape index (κ3) is 4.60. The van der Waals surface area contributed by atoms with Crippen molar-refractivity contribution in [1.82, 2.24) is 14.7 Å².